The number of ether oxygens (including phenoxy) is 1. The van der Waals surface area contributed by atoms with Gasteiger partial charge in [0, 0.05) is 5.56 Å². The number of para-hydroxylation sites is 2. The number of rotatable bonds is 5. The molecule has 1 atom stereocenters. The molecule has 1 unspecified atom stereocenters. The van der Waals surface area contributed by atoms with Crippen LogP contribution in [0, 0.1) is 0 Å². The second-order valence-corrected chi connectivity index (χ2v) is 7.15. The van der Waals surface area contributed by atoms with Crippen molar-refractivity contribution in [2.45, 2.75) is 18.5 Å². The maximum absolute atomic E-state index is 13.3. The van der Waals surface area contributed by atoms with Gasteiger partial charge in [0.05, 0.1) is 16.7 Å². The quantitative estimate of drug-likeness (QED) is 0.320. The molecule has 0 aliphatic heterocycles. The van der Waals surface area contributed by atoms with Crippen LogP contribution in [0.25, 0.3) is 22.6 Å². The summed E-state index contributed by atoms with van der Waals surface area (Å²) in [4.78, 5) is 16.0. The normalized spacial score (nSPS) is 13.1. The number of fused-ring (bicyclic) bond motifs is 1. The van der Waals surface area contributed by atoms with Gasteiger partial charge in [0.25, 0.3) is 0 Å². The maximum atomic E-state index is 13.3. The van der Waals surface area contributed by atoms with E-state index in [0.717, 1.165) is 18.2 Å². The average Bonchev–Trinajstić information content (AvgIpc) is 3.20. The van der Waals surface area contributed by atoms with Crippen molar-refractivity contribution in [2.75, 3.05) is 0 Å². The number of aliphatic carboxylic acids is 1. The van der Waals surface area contributed by atoms with Gasteiger partial charge in [0.1, 0.15) is 11.3 Å². The minimum atomic E-state index is -4.72. The van der Waals surface area contributed by atoms with Crippen LogP contribution >= 0.6 is 0 Å². The van der Waals surface area contributed by atoms with E-state index >= 15 is 0 Å². The Balaban J connectivity index is 1.78. The first-order valence-corrected chi connectivity index (χ1v) is 9.57. The summed E-state index contributed by atoms with van der Waals surface area (Å²) in [5.74, 6) is -2.13. The summed E-state index contributed by atoms with van der Waals surface area (Å²) < 4.78 is 89.5. The second kappa shape index (κ2) is 8.40. The topological polar surface area (TPSA) is 72.6 Å². The van der Waals surface area contributed by atoms with Gasteiger partial charge in [-0.15, -0.1) is 0 Å². The minimum Gasteiger partial charge on any atom is -0.478 e. The zero-order valence-electron chi connectivity index (χ0n) is 16.8. The molecule has 176 valence electrons. The van der Waals surface area contributed by atoms with Gasteiger partial charge in [0.15, 0.2) is 5.58 Å². The van der Waals surface area contributed by atoms with Crippen LogP contribution < -0.4 is 4.74 Å². The summed E-state index contributed by atoms with van der Waals surface area (Å²) in [5.41, 5.74) is -1.86. The molecule has 0 spiro atoms. The lowest BCUT2D eigenvalue weighted by Gasteiger charge is -2.19. The number of carboxylic acid groups (broad SMARTS) is 1. The smallest absolute Gasteiger partial charge is 0.416 e. The lowest BCUT2D eigenvalue weighted by Crippen LogP contribution is -2.19. The molecular formula is C23H13F6NO4. The molecule has 3 aromatic carbocycles. The molecule has 0 aliphatic rings. The van der Waals surface area contributed by atoms with Crippen LogP contribution in [-0.2, 0) is 17.1 Å². The first-order valence-electron chi connectivity index (χ1n) is 9.57. The number of benzene rings is 3. The molecule has 0 fully saturated rings. The van der Waals surface area contributed by atoms with Gasteiger partial charge in [-0.3, -0.25) is 0 Å². The summed E-state index contributed by atoms with van der Waals surface area (Å²) in [6.45, 7) is 0. The summed E-state index contributed by atoms with van der Waals surface area (Å²) in [7, 11) is 0. The van der Waals surface area contributed by atoms with Crippen LogP contribution in [0.2, 0.25) is 0 Å². The number of oxazole rings is 1. The number of nitrogens with zero attached hydrogens (tertiary/aromatic N) is 1. The Morgan fingerprint density at radius 2 is 1.50 bits per heavy atom. The standard InChI is InChI=1S/C23H13F6NO4/c24-22(25,26)13-7-5-12(6-8-13)19(21(31)32)33-17-10-9-14(23(27,28)29)11-15(17)20-30-16-3-1-2-4-18(16)34-20/h1-11,19H,(H,31,32). The van der Waals surface area contributed by atoms with Crippen molar-refractivity contribution in [3.8, 4) is 17.2 Å². The maximum Gasteiger partial charge on any atom is 0.416 e. The SMILES string of the molecule is O=C(O)C(Oc1ccc(C(F)(F)F)cc1-c1nc2ccccc2o1)c1ccc(C(F)(F)F)cc1. The van der Waals surface area contributed by atoms with E-state index in [1.165, 1.54) is 0 Å². The van der Waals surface area contributed by atoms with Gasteiger partial charge in [-0.2, -0.15) is 26.3 Å². The van der Waals surface area contributed by atoms with Crippen molar-refractivity contribution in [2.24, 2.45) is 0 Å². The van der Waals surface area contributed by atoms with Gasteiger partial charge in [0.2, 0.25) is 12.0 Å². The molecule has 0 aliphatic carbocycles. The van der Waals surface area contributed by atoms with E-state index in [2.05, 4.69) is 4.98 Å². The third-order valence-electron chi connectivity index (χ3n) is 4.84. The molecule has 0 saturated heterocycles. The lowest BCUT2D eigenvalue weighted by molar-refractivity contribution is -0.145. The molecule has 0 saturated carbocycles. The predicted octanol–water partition coefficient (Wildman–Crippen LogP) is 6.74. The fourth-order valence-corrected chi connectivity index (χ4v) is 3.20. The number of aromatic nitrogens is 1. The van der Waals surface area contributed by atoms with Gasteiger partial charge in [-0.25, -0.2) is 9.78 Å². The molecule has 11 heteroatoms. The first kappa shape index (κ1) is 23.1. The molecule has 5 nitrogen and oxygen atoms in total. The molecule has 4 aromatic rings. The number of carbonyl (C=O) groups is 1. The van der Waals surface area contributed by atoms with E-state index in [4.69, 9.17) is 9.15 Å². The van der Waals surface area contributed by atoms with Crippen molar-refractivity contribution in [3.63, 3.8) is 0 Å². The highest BCUT2D eigenvalue weighted by Gasteiger charge is 2.34. The zero-order chi connectivity index (χ0) is 24.7. The van der Waals surface area contributed by atoms with E-state index in [1.54, 1.807) is 24.3 Å². The van der Waals surface area contributed by atoms with E-state index in [1.807, 2.05) is 0 Å². The van der Waals surface area contributed by atoms with Crippen LogP contribution in [0.5, 0.6) is 5.75 Å². The van der Waals surface area contributed by atoms with E-state index < -0.39 is 35.6 Å². The number of halogens is 6. The average molecular weight is 481 g/mol. The molecule has 0 radical (unpaired) electrons. The molecule has 1 N–H and O–H groups in total. The number of alkyl halides is 6. The predicted molar refractivity (Wildman–Crippen MR) is 107 cm³/mol. The lowest BCUT2D eigenvalue weighted by atomic mass is 10.1. The zero-order valence-corrected chi connectivity index (χ0v) is 16.8. The van der Waals surface area contributed by atoms with Gasteiger partial charge >= 0.3 is 18.3 Å². The summed E-state index contributed by atoms with van der Waals surface area (Å²) >= 11 is 0. The van der Waals surface area contributed by atoms with Gasteiger partial charge < -0.3 is 14.3 Å². The summed E-state index contributed by atoms with van der Waals surface area (Å²) in [5, 5.41) is 9.61. The van der Waals surface area contributed by atoms with Crippen LogP contribution in [-0.4, -0.2) is 16.1 Å². The fraction of sp³-hybridized carbons (Fsp3) is 0.130. The fourth-order valence-electron chi connectivity index (χ4n) is 3.20. The molecule has 34 heavy (non-hydrogen) atoms. The van der Waals surface area contributed by atoms with Crippen LogP contribution in [0.4, 0.5) is 26.3 Å². The van der Waals surface area contributed by atoms with E-state index in [9.17, 15) is 36.2 Å². The Hall–Kier alpha value is -4.02. The Labute approximate surface area is 187 Å². The third kappa shape index (κ3) is 4.68. The van der Waals surface area contributed by atoms with Crippen LogP contribution in [0.1, 0.15) is 22.8 Å². The largest absolute Gasteiger partial charge is 0.478 e. The van der Waals surface area contributed by atoms with Crippen molar-refractivity contribution in [1.29, 1.82) is 0 Å². The number of hydrogen-bond donors (Lipinski definition) is 1. The highest BCUT2D eigenvalue weighted by atomic mass is 19.4. The third-order valence-corrected chi connectivity index (χ3v) is 4.84. The number of hydrogen-bond acceptors (Lipinski definition) is 4. The summed E-state index contributed by atoms with van der Waals surface area (Å²) in [6.07, 6.45) is -11.2. The van der Waals surface area contributed by atoms with Crippen molar-refractivity contribution < 1.29 is 45.4 Å². The Morgan fingerprint density at radius 3 is 2.09 bits per heavy atom. The first-order chi connectivity index (χ1) is 15.9. The highest BCUT2D eigenvalue weighted by molar-refractivity contribution is 5.79. The highest BCUT2D eigenvalue weighted by Crippen LogP contribution is 2.40. The monoisotopic (exact) mass is 481 g/mol. The van der Waals surface area contributed by atoms with Crippen molar-refractivity contribution in [3.05, 3.63) is 83.4 Å². The molecule has 0 bridgehead atoms. The summed E-state index contributed by atoms with van der Waals surface area (Å²) in [6, 6.07) is 11.9. The Kier molecular flexibility index (Phi) is 5.72. The van der Waals surface area contributed by atoms with E-state index in [0.29, 0.717) is 29.8 Å². The molecule has 1 aromatic heterocycles. The Morgan fingerprint density at radius 1 is 0.882 bits per heavy atom. The molecular weight excluding hydrogens is 468 g/mol. The van der Waals surface area contributed by atoms with Gasteiger partial charge in [-0.1, -0.05) is 24.3 Å². The van der Waals surface area contributed by atoms with Crippen molar-refractivity contribution in [1.82, 2.24) is 4.98 Å². The minimum absolute atomic E-state index is 0.149. The van der Waals surface area contributed by atoms with Crippen LogP contribution in [0.3, 0.4) is 0 Å². The second-order valence-electron chi connectivity index (χ2n) is 7.15. The van der Waals surface area contributed by atoms with E-state index in [-0.39, 0.29) is 28.4 Å². The molecule has 1 heterocycles. The van der Waals surface area contributed by atoms with Crippen LogP contribution in [0.15, 0.2) is 71.1 Å². The number of carboxylic acids is 1. The molecule has 0 amide bonds. The Bertz CT molecular complexity index is 1310. The molecule has 4 rings (SSSR count). The van der Waals surface area contributed by atoms with Crippen molar-refractivity contribution >= 4 is 17.1 Å². The van der Waals surface area contributed by atoms with Gasteiger partial charge in [-0.05, 0) is 42.5 Å².